The highest BCUT2D eigenvalue weighted by Crippen LogP contribution is 2.23. The molecule has 0 bridgehead atoms. The van der Waals surface area contributed by atoms with E-state index in [1.807, 2.05) is 42.5 Å². The first-order valence-corrected chi connectivity index (χ1v) is 6.19. The number of phenolic OH excluding ortho intramolecular Hbond substituents is 2. The van der Waals surface area contributed by atoms with Crippen LogP contribution in [0.5, 0.6) is 11.5 Å². The van der Waals surface area contributed by atoms with E-state index in [1.54, 1.807) is 36.7 Å². The minimum absolute atomic E-state index is 0.257. The van der Waals surface area contributed by atoms with E-state index in [-0.39, 0.29) is 11.5 Å². The predicted molar refractivity (Wildman–Crippen MR) is 79.4 cm³/mol. The van der Waals surface area contributed by atoms with Crippen LogP contribution in [0.25, 0.3) is 11.1 Å². The molecule has 1 heterocycles. The molecule has 0 aliphatic heterocycles. The Balaban J connectivity index is 0.000000205. The molecule has 0 fully saturated rings. The molecule has 2 N–H and O–H groups in total. The molecule has 0 aliphatic carbocycles. The van der Waals surface area contributed by atoms with Gasteiger partial charge in [0.05, 0.1) is 0 Å². The number of phenols is 2. The zero-order valence-corrected chi connectivity index (χ0v) is 10.8. The minimum Gasteiger partial charge on any atom is -0.508 e. The molecule has 0 amide bonds. The fourth-order valence-electron chi connectivity index (χ4n) is 1.62. The van der Waals surface area contributed by atoms with Crippen LogP contribution < -0.4 is 0 Å². The minimum atomic E-state index is 0.257. The first-order valence-electron chi connectivity index (χ1n) is 6.19. The summed E-state index contributed by atoms with van der Waals surface area (Å²) in [7, 11) is 0. The molecular formula is C17H15NO2. The van der Waals surface area contributed by atoms with E-state index in [1.165, 1.54) is 0 Å². The van der Waals surface area contributed by atoms with E-state index < -0.39 is 0 Å². The van der Waals surface area contributed by atoms with Crippen LogP contribution in [-0.2, 0) is 0 Å². The number of pyridine rings is 1. The average Bonchev–Trinajstić information content (AvgIpc) is 2.51. The first kappa shape index (κ1) is 13.6. The van der Waals surface area contributed by atoms with Crippen molar-refractivity contribution in [1.29, 1.82) is 0 Å². The lowest BCUT2D eigenvalue weighted by atomic mass is 10.1. The van der Waals surface area contributed by atoms with Crippen molar-refractivity contribution in [3.05, 3.63) is 79.1 Å². The third-order valence-corrected chi connectivity index (χ3v) is 2.63. The zero-order chi connectivity index (χ0) is 14.2. The van der Waals surface area contributed by atoms with Gasteiger partial charge in [0.1, 0.15) is 11.5 Å². The Morgan fingerprint density at radius 1 is 0.550 bits per heavy atom. The van der Waals surface area contributed by atoms with Crippen LogP contribution >= 0.6 is 0 Å². The first-order chi connectivity index (χ1) is 9.75. The number of rotatable bonds is 1. The van der Waals surface area contributed by atoms with Crippen molar-refractivity contribution in [3.8, 4) is 22.6 Å². The van der Waals surface area contributed by atoms with Gasteiger partial charge in [-0.1, -0.05) is 30.3 Å². The second kappa shape index (κ2) is 6.95. The maximum absolute atomic E-state index is 9.11. The number of hydrogen-bond acceptors (Lipinski definition) is 3. The van der Waals surface area contributed by atoms with Gasteiger partial charge in [-0.3, -0.25) is 4.98 Å². The summed E-state index contributed by atoms with van der Waals surface area (Å²) < 4.78 is 0. The fourth-order valence-corrected chi connectivity index (χ4v) is 1.62. The smallest absolute Gasteiger partial charge is 0.115 e. The second-order valence-corrected chi connectivity index (χ2v) is 4.12. The number of aromatic hydroxyl groups is 2. The van der Waals surface area contributed by atoms with Gasteiger partial charge in [0.15, 0.2) is 0 Å². The van der Waals surface area contributed by atoms with Crippen molar-refractivity contribution in [1.82, 2.24) is 4.98 Å². The lowest BCUT2D eigenvalue weighted by Gasteiger charge is -2.01. The van der Waals surface area contributed by atoms with Crippen LogP contribution in [0.2, 0.25) is 0 Å². The summed E-state index contributed by atoms with van der Waals surface area (Å²) in [5.74, 6) is 0.514. The van der Waals surface area contributed by atoms with Gasteiger partial charge in [-0.2, -0.15) is 0 Å². The third-order valence-electron chi connectivity index (χ3n) is 2.63. The van der Waals surface area contributed by atoms with Crippen molar-refractivity contribution in [2.24, 2.45) is 0 Å². The van der Waals surface area contributed by atoms with Crippen molar-refractivity contribution < 1.29 is 10.2 Å². The number of benzene rings is 2. The molecule has 3 nitrogen and oxygen atoms in total. The molecular weight excluding hydrogens is 250 g/mol. The van der Waals surface area contributed by atoms with Gasteiger partial charge in [0.2, 0.25) is 0 Å². The summed E-state index contributed by atoms with van der Waals surface area (Å²) in [6, 6.07) is 19.6. The van der Waals surface area contributed by atoms with Gasteiger partial charge in [-0.25, -0.2) is 0 Å². The lowest BCUT2D eigenvalue weighted by Crippen LogP contribution is -1.75. The molecule has 0 saturated carbocycles. The molecule has 0 radical (unpaired) electrons. The van der Waals surface area contributed by atoms with Gasteiger partial charge in [-0.05, 0) is 47.5 Å². The monoisotopic (exact) mass is 265 g/mol. The van der Waals surface area contributed by atoms with E-state index in [0.717, 1.165) is 11.1 Å². The Morgan fingerprint density at radius 2 is 0.950 bits per heavy atom. The van der Waals surface area contributed by atoms with Crippen LogP contribution in [0.15, 0.2) is 79.1 Å². The molecule has 3 rings (SSSR count). The Hall–Kier alpha value is -2.81. The largest absolute Gasteiger partial charge is 0.508 e. The molecule has 100 valence electrons. The highest BCUT2D eigenvalue weighted by Gasteiger charge is 1.96. The third kappa shape index (κ3) is 4.14. The Bertz CT molecular complexity index is 549. The molecule has 2 aromatic carbocycles. The summed E-state index contributed by atoms with van der Waals surface area (Å²) >= 11 is 0. The number of aromatic nitrogens is 1. The van der Waals surface area contributed by atoms with Gasteiger partial charge < -0.3 is 10.2 Å². The van der Waals surface area contributed by atoms with E-state index in [9.17, 15) is 0 Å². The topological polar surface area (TPSA) is 53.4 Å². The van der Waals surface area contributed by atoms with E-state index in [2.05, 4.69) is 4.98 Å². The molecule has 3 aromatic rings. The Kier molecular flexibility index (Phi) is 4.73. The van der Waals surface area contributed by atoms with E-state index in [4.69, 9.17) is 10.2 Å². The van der Waals surface area contributed by atoms with Crippen molar-refractivity contribution >= 4 is 0 Å². The second-order valence-electron chi connectivity index (χ2n) is 4.12. The van der Waals surface area contributed by atoms with Crippen LogP contribution in [0.3, 0.4) is 0 Å². The number of nitrogens with zero attached hydrogens (tertiary/aromatic N) is 1. The molecule has 20 heavy (non-hydrogen) atoms. The highest BCUT2D eigenvalue weighted by atomic mass is 16.3. The molecule has 0 spiro atoms. The molecule has 0 saturated heterocycles. The molecule has 3 heteroatoms. The zero-order valence-electron chi connectivity index (χ0n) is 10.8. The molecule has 0 unspecified atom stereocenters. The van der Waals surface area contributed by atoms with E-state index >= 15 is 0 Å². The van der Waals surface area contributed by atoms with Crippen molar-refractivity contribution in [2.75, 3.05) is 0 Å². The lowest BCUT2D eigenvalue weighted by molar-refractivity contribution is 0.474. The molecule has 0 aliphatic rings. The maximum Gasteiger partial charge on any atom is 0.115 e. The molecule has 0 atom stereocenters. The summed E-state index contributed by atoms with van der Waals surface area (Å²) in [4.78, 5) is 3.78. The van der Waals surface area contributed by atoms with Crippen LogP contribution in [0.4, 0.5) is 0 Å². The van der Waals surface area contributed by atoms with Gasteiger partial charge in [0, 0.05) is 12.4 Å². The average molecular weight is 265 g/mol. The Morgan fingerprint density at radius 3 is 1.20 bits per heavy atom. The summed E-state index contributed by atoms with van der Waals surface area (Å²) in [5.41, 5.74) is 2.03. The highest BCUT2D eigenvalue weighted by molar-refractivity contribution is 5.64. The summed E-state index contributed by atoms with van der Waals surface area (Å²) in [6.45, 7) is 0. The van der Waals surface area contributed by atoms with Gasteiger partial charge >= 0.3 is 0 Å². The van der Waals surface area contributed by atoms with Crippen molar-refractivity contribution in [2.45, 2.75) is 0 Å². The van der Waals surface area contributed by atoms with Crippen LogP contribution in [0.1, 0.15) is 0 Å². The normalized spacial score (nSPS) is 9.40. The Labute approximate surface area is 117 Å². The number of hydrogen-bond donors (Lipinski definition) is 2. The van der Waals surface area contributed by atoms with Crippen molar-refractivity contribution in [3.63, 3.8) is 0 Å². The summed E-state index contributed by atoms with van der Waals surface area (Å²) in [6.07, 6.45) is 3.50. The quantitative estimate of drug-likeness (QED) is 0.702. The standard InChI is InChI=1S/C12H10O2.C5H5N/c13-11-5-1-9(2-6-11)10-3-7-12(14)8-4-10;1-2-4-6-5-3-1/h1-8,13-14H;1-5H. The van der Waals surface area contributed by atoms with Gasteiger partial charge in [0.25, 0.3) is 0 Å². The van der Waals surface area contributed by atoms with E-state index in [0.29, 0.717) is 0 Å². The predicted octanol–water partition coefficient (Wildman–Crippen LogP) is 3.85. The van der Waals surface area contributed by atoms with Gasteiger partial charge in [-0.15, -0.1) is 0 Å². The SMILES string of the molecule is Oc1ccc(-c2ccc(O)cc2)cc1.c1ccncc1. The maximum atomic E-state index is 9.11. The molecule has 1 aromatic heterocycles. The summed E-state index contributed by atoms with van der Waals surface area (Å²) in [5, 5.41) is 18.2. The van der Waals surface area contributed by atoms with Crippen LogP contribution in [-0.4, -0.2) is 15.2 Å². The fraction of sp³-hybridized carbons (Fsp3) is 0. The van der Waals surface area contributed by atoms with Crippen LogP contribution in [0, 0.1) is 0 Å².